The van der Waals surface area contributed by atoms with Crippen molar-refractivity contribution in [2.24, 2.45) is 0 Å². The van der Waals surface area contributed by atoms with E-state index in [1.807, 2.05) is 17.5 Å². The number of aromatic nitrogens is 1. The lowest BCUT2D eigenvalue weighted by Crippen LogP contribution is -2.04. The summed E-state index contributed by atoms with van der Waals surface area (Å²) < 4.78 is 5.32. The zero-order valence-electron chi connectivity index (χ0n) is 9.21. The lowest BCUT2D eigenvalue weighted by molar-refractivity contribution is -0.386. The van der Waals surface area contributed by atoms with Crippen LogP contribution in [-0.4, -0.2) is 16.5 Å². The molecule has 0 N–H and O–H groups in total. The highest BCUT2D eigenvalue weighted by Crippen LogP contribution is 2.26. The second-order valence-corrected chi connectivity index (χ2v) is 4.81. The fourth-order valence-corrected chi connectivity index (χ4v) is 2.19. The SMILES string of the molecule is O=[N+]([O-])c1ccc(Cl)nc1OCCc1cccs1. The van der Waals surface area contributed by atoms with Gasteiger partial charge in [0.05, 0.1) is 11.5 Å². The van der Waals surface area contributed by atoms with Crippen LogP contribution in [0, 0.1) is 10.1 Å². The van der Waals surface area contributed by atoms with Gasteiger partial charge in [-0.25, -0.2) is 0 Å². The van der Waals surface area contributed by atoms with E-state index in [4.69, 9.17) is 16.3 Å². The van der Waals surface area contributed by atoms with Gasteiger partial charge in [-0.2, -0.15) is 4.98 Å². The molecule has 2 aromatic rings. The molecule has 0 atom stereocenters. The largest absolute Gasteiger partial charge is 0.472 e. The van der Waals surface area contributed by atoms with Crippen LogP contribution in [0.1, 0.15) is 4.88 Å². The Hall–Kier alpha value is -1.66. The smallest absolute Gasteiger partial charge is 0.331 e. The highest BCUT2D eigenvalue weighted by atomic mass is 35.5. The summed E-state index contributed by atoms with van der Waals surface area (Å²) in [6.07, 6.45) is 0.684. The zero-order valence-corrected chi connectivity index (χ0v) is 10.8. The van der Waals surface area contributed by atoms with Crippen LogP contribution in [0.15, 0.2) is 29.6 Å². The second kappa shape index (κ2) is 5.79. The van der Waals surface area contributed by atoms with Gasteiger partial charge in [-0.3, -0.25) is 10.1 Å². The molecule has 2 heterocycles. The first-order valence-corrected chi connectivity index (χ1v) is 6.38. The summed E-state index contributed by atoms with van der Waals surface area (Å²) in [7, 11) is 0. The Morgan fingerprint density at radius 3 is 2.94 bits per heavy atom. The minimum atomic E-state index is -0.538. The van der Waals surface area contributed by atoms with Crippen molar-refractivity contribution in [1.82, 2.24) is 4.98 Å². The molecule has 0 aliphatic rings. The predicted molar refractivity (Wildman–Crippen MR) is 69.4 cm³/mol. The summed E-state index contributed by atoms with van der Waals surface area (Å²) in [6.45, 7) is 0.328. The number of ether oxygens (including phenoxy) is 1. The molecule has 0 amide bonds. The second-order valence-electron chi connectivity index (χ2n) is 3.39. The summed E-state index contributed by atoms with van der Waals surface area (Å²) >= 11 is 7.30. The van der Waals surface area contributed by atoms with Gasteiger partial charge in [0.25, 0.3) is 5.88 Å². The third-order valence-corrected chi connectivity index (χ3v) is 3.32. The van der Waals surface area contributed by atoms with Crippen molar-refractivity contribution in [2.45, 2.75) is 6.42 Å². The van der Waals surface area contributed by atoms with Crippen molar-refractivity contribution in [3.8, 4) is 5.88 Å². The van der Waals surface area contributed by atoms with E-state index in [1.165, 1.54) is 12.1 Å². The van der Waals surface area contributed by atoms with Crippen LogP contribution in [0.4, 0.5) is 5.69 Å². The number of nitrogens with zero attached hydrogens (tertiary/aromatic N) is 2. The average Bonchev–Trinajstić information content (AvgIpc) is 2.82. The highest BCUT2D eigenvalue weighted by molar-refractivity contribution is 7.09. The quantitative estimate of drug-likeness (QED) is 0.480. The van der Waals surface area contributed by atoms with Gasteiger partial charge in [-0.15, -0.1) is 11.3 Å². The van der Waals surface area contributed by atoms with Crippen molar-refractivity contribution in [3.05, 3.63) is 49.8 Å². The maximum absolute atomic E-state index is 10.8. The molecule has 7 heteroatoms. The van der Waals surface area contributed by atoms with Gasteiger partial charge in [-0.1, -0.05) is 17.7 Å². The molecule has 0 bridgehead atoms. The maximum atomic E-state index is 10.8. The first-order chi connectivity index (χ1) is 8.66. The van der Waals surface area contributed by atoms with Crippen molar-refractivity contribution >= 4 is 28.6 Å². The van der Waals surface area contributed by atoms with E-state index in [0.29, 0.717) is 13.0 Å². The van der Waals surface area contributed by atoms with Crippen LogP contribution in [0.3, 0.4) is 0 Å². The Kier molecular flexibility index (Phi) is 4.11. The molecule has 2 aromatic heterocycles. The van der Waals surface area contributed by atoms with Gasteiger partial charge >= 0.3 is 5.69 Å². The fourth-order valence-electron chi connectivity index (χ4n) is 1.36. The molecule has 0 radical (unpaired) electrons. The van der Waals surface area contributed by atoms with E-state index in [0.717, 1.165) is 4.88 Å². The van der Waals surface area contributed by atoms with Gasteiger partial charge in [0.1, 0.15) is 5.15 Å². The van der Waals surface area contributed by atoms with Crippen molar-refractivity contribution in [3.63, 3.8) is 0 Å². The summed E-state index contributed by atoms with van der Waals surface area (Å²) in [4.78, 5) is 15.2. The zero-order chi connectivity index (χ0) is 13.0. The van der Waals surface area contributed by atoms with Crippen LogP contribution in [0.5, 0.6) is 5.88 Å². The summed E-state index contributed by atoms with van der Waals surface area (Å²) in [5.41, 5.74) is -0.175. The minimum Gasteiger partial charge on any atom is -0.472 e. The molecule has 2 rings (SSSR count). The Labute approximate surface area is 112 Å². The third kappa shape index (κ3) is 3.18. The Bertz CT molecular complexity index is 545. The van der Waals surface area contributed by atoms with Crippen LogP contribution in [0.25, 0.3) is 0 Å². The van der Waals surface area contributed by atoms with E-state index in [-0.39, 0.29) is 16.7 Å². The molecular weight excluding hydrogens is 276 g/mol. The van der Waals surface area contributed by atoms with Gasteiger partial charge < -0.3 is 4.74 Å². The van der Waals surface area contributed by atoms with Crippen LogP contribution < -0.4 is 4.74 Å². The Morgan fingerprint density at radius 2 is 2.28 bits per heavy atom. The topological polar surface area (TPSA) is 65.3 Å². The predicted octanol–water partition coefficient (Wildman–Crippen LogP) is 3.33. The first-order valence-electron chi connectivity index (χ1n) is 5.13. The fraction of sp³-hybridized carbons (Fsp3) is 0.182. The molecule has 5 nitrogen and oxygen atoms in total. The average molecular weight is 285 g/mol. The van der Waals surface area contributed by atoms with Gasteiger partial charge in [-0.05, 0) is 17.5 Å². The molecular formula is C11H9ClN2O3S. The molecule has 18 heavy (non-hydrogen) atoms. The first kappa shape index (κ1) is 12.8. The Morgan fingerprint density at radius 1 is 1.44 bits per heavy atom. The van der Waals surface area contributed by atoms with Crippen LogP contribution in [0.2, 0.25) is 5.15 Å². The van der Waals surface area contributed by atoms with Crippen LogP contribution in [-0.2, 0) is 6.42 Å². The number of hydrogen-bond donors (Lipinski definition) is 0. The molecule has 0 aromatic carbocycles. The Balaban J connectivity index is 2.03. The standard InChI is InChI=1S/C11H9ClN2O3S/c12-10-4-3-9(14(15)16)11(13-10)17-6-5-8-2-1-7-18-8/h1-4,7H,5-6H2. The molecule has 0 saturated carbocycles. The number of halogens is 1. The molecule has 0 spiro atoms. The molecule has 0 aliphatic heterocycles. The number of rotatable bonds is 5. The molecule has 0 fully saturated rings. The van der Waals surface area contributed by atoms with E-state index < -0.39 is 4.92 Å². The minimum absolute atomic E-state index is 0.0379. The maximum Gasteiger partial charge on any atom is 0.331 e. The van der Waals surface area contributed by atoms with Crippen LogP contribution >= 0.6 is 22.9 Å². The normalized spacial score (nSPS) is 10.3. The summed E-state index contributed by atoms with van der Waals surface area (Å²) in [5.74, 6) is -0.0379. The van der Waals surface area contributed by atoms with Crippen molar-refractivity contribution < 1.29 is 9.66 Å². The lowest BCUT2D eigenvalue weighted by Gasteiger charge is -2.05. The summed E-state index contributed by atoms with van der Waals surface area (Å²) in [6, 6.07) is 6.58. The van der Waals surface area contributed by atoms with E-state index in [9.17, 15) is 10.1 Å². The van der Waals surface area contributed by atoms with Gasteiger partial charge in [0.15, 0.2) is 0 Å². The highest BCUT2D eigenvalue weighted by Gasteiger charge is 2.17. The van der Waals surface area contributed by atoms with E-state index in [1.54, 1.807) is 11.3 Å². The van der Waals surface area contributed by atoms with Crippen molar-refractivity contribution in [1.29, 1.82) is 0 Å². The monoisotopic (exact) mass is 284 g/mol. The molecule has 0 aliphatic carbocycles. The number of nitro groups is 1. The third-order valence-electron chi connectivity index (χ3n) is 2.17. The van der Waals surface area contributed by atoms with E-state index in [2.05, 4.69) is 4.98 Å². The van der Waals surface area contributed by atoms with Gasteiger partial charge in [0, 0.05) is 17.4 Å². The van der Waals surface area contributed by atoms with E-state index >= 15 is 0 Å². The van der Waals surface area contributed by atoms with Crippen molar-refractivity contribution in [2.75, 3.05) is 6.61 Å². The molecule has 94 valence electrons. The molecule has 0 saturated heterocycles. The number of hydrogen-bond acceptors (Lipinski definition) is 5. The summed E-state index contributed by atoms with van der Waals surface area (Å²) in [5, 5.41) is 12.9. The van der Waals surface area contributed by atoms with Gasteiger partial charge in [0.2, 0.25) is 0 Å². The lowest BCUT2D eigenvalue weighted by atomic mass is 10.3. The number of thiophene rings is 1. The number of pyridine rings is 1. The molecule has 0 unspecified atom stereocenters.